The van der Waals surface area contributed by atoms with Crippen LogP contribution in [0.15, 0.2) is 18.2 Å². The Morgan fingerprint density at radius 1 is 1.41 bits per heavy atom. The van der Waals surface area contributed by atoms with Crippen molar-refractivity contribution in [2.24, 2.45) is 5.92 Å². The van der Waals surface area contributed by atoms with Crippen LogP contribution < -0.4 is 5.73 Å². The van der Waals surface area contributed by atoms with E-state index in [0.717, 1.165) is 18.2 Å². The van der Waals surface area contributed by atoms with E-state index < -0.39 is 0 Å². The first-order chi connectivity index (χ1) is 8.20. The van der Waals surface area contributed by atoms with E-state index in [2.05, 4.69) is 30.9 Å². The Balaban J connectivity index is 1.96. The first-order valence-electron chi connectivity index (χ1n) is 6.77. The number of rotatable bonds is 4. The molecular weight excluding hydrogens is 208 g/mol. The van der Waals surface area contributed by atoms with E-state index in [1.807, 2.05) is 6.07 Å². The van der Waals surface area contributed by atoms with E-state index in [0.29, 0.717) is 0 Å². The van der Waals surface area contributed by atoms with Crippen molar-refractivity contribution in [2.75, 3.05) is 18.8 Å². The highest BCUT2D eigenvalue weighted by Crippen LogP contribution is 2.24. The van der Waals surface area contributed by atoms with E-state index >= 15 is 0 Å². The normalized spacial score (nSPS) is 20.9. The van der Waals surface area contributed by atoms with Gasteiger partial charge >= 0.3 is 0 Å². The number of hydrogen-bond donors (Lipinski definition) is 1. The fourth-order valence-electron chi connectivity index (χ4n) is 2.82. The van der Waals surface area contributed by atoms with E-state index in [1.165, 1.54) is 43.5 Å². The minimum atomic E-state index is 0.918. The Morgan fingerprint density at radius 3 is 3.00 bits per heavy atom. The van der Waals surface area contributed by atoms with Crippen LogP contribution in [0.2, 0.25) is 0 Å². The second-order valence-corrected chi connectivity index (χ2v) is 5.31. The van der Waals surface area contributed by atoms with Crippen molar-refractivity contribution >= 4 is 5.69 Å². The lowest BCUT2D eigenvalue weighted by molar-refractivity contribution is 0.312. The molecule has 1 aliphatic rings. The molecule has 2 rings (SSSR count). The Morgan fingerprint density at radius 2 is 2.24 bits per heavy atom. The zero-order chi connectivity index (χ0) is 12.3. The van der Waals surface area contributed by atoms with E-state index in [4.69, 9.17) is 5.73 Å². The molecule has 2 N–H and O–H groups in total. The third-order valence-electron chi connectivity index (χ3n) is 3.95. The molecule has 94 valence electrons. The fourth-order valence-corrected chi connectivity index (χ4v) is 2.82. The van der Waals surface area contributed by atoms with Crippen LogP contribution in [0.1, 0.15) is 37.3 Å². The van der Waals surface area contributed by atoms with Gasteiger partial charge in [0.15, 0.2) is 0 Å². The summed E-state index contributed by atoms with van der Waals surface area (Å²) in [7, 11) is 0. The second-order valence-electron chi connectivity index (χ2n) is 5.31. The molecule has 2 heteroatoms. The summed E-state index contributed by atoms with van der Waals surface area (Å²) in [4.78, 5) is 2.57. The first kappa shape index (κ1) is 12.4. The summed E-state index contributed by atoms with van der Waals surface area (Å²) in [6.07, 6.45) is 4.07. The summed E-state index contributed by atoms with van der Waals surface area (Å²) >= 11 is 0. The van der Waals surface area contributed by atoms with Gasteiger partial charge in [0.05, 0.1) is 0 Å². The van der Waals surface area contributed by atoms with Crippen molar-refractivity contribution in [1.29, 1.82) is 0 Å². The molecule has 0 aromatic heterocycles. The van der Waals surface area contributed by atoms with Gasteiger partial charge in [0.2, 0.25) is 0 Å². The number of likely N-dealkylation sites (tertiary alicyclic amines) is 1. The summed E-state index contributed by atoms with van der Waals surface area (Å²) in [6, 6.07) is 6.26. The van der Waals surface area contributed by atoms with Crippen molar-refractivity contribution in [3.05, 3.63) is 29.3 Å². The third kappa shape index (κ3) is 3.01. The van der Waals surface area contributed by atoms with Gasteiger partial charge in [-0.2, -0.15) is 0 Å². The lowest BCUT2D eigenvalue weighted by Crippen LogP contribution is -2.20. The van der Waals surface area contributed by atoms with Gasteiger partial charge in [-0.3, -0.25) is 4.90 Å². The Hall–Kier alpha value is -1.02. The zero-order valence-electron chi connectivity index (χ0n) is 11.1. The number of nitrogen functional groups attached to an aromatic ring is 1. The number of anilines is 1. The van der Waals surface area contributed by atoms with Crippen molar-refractivity contribution in [3.63, 3.8) is 0 Å². The van der Waals surface area contributed by atoms with Crippen molar-refractivity contribution in [1.82, 2.24) is 4.90 Å². The zero-order valence-corrected chi connectivity index (χ0v) is 11.1. The molecule has 0 spiro atoms. The van der Waals surface area contributed by atoms with Crippen molar-refractivity contribution in [2.45, 2.75) is 39.7 Å². The van der Waals surface area contributed by atoms with Crippen LogP contribution in [0.5, 0.6) is 0 Å². The molecule has 1 heterocycles. The van der Waals surface area contributed by atoms with Crippen molar-refractivity contribution in [3.8, 4) is 0 Å². The smallest absolute Gasteiger partial charge is 0.0346 e. The van der Waals surface area contributed by atoms with Gasteiger partial charge in [-0.05, 0) is 49.4 Å². The monoisotopic (exact) mass is 232 g/mol. The summed E-state index contributed by atoms with van der Waals surface area (Å²) in [6.45, 7) is 7.99. The van der Waals surface area contributed by atoms with Crippen LogP contribution in [0.3, 0.4) is 0 Å². The highest BCUT2D eigenvalue weighted by atomic mass is 15.1. The first-order valence-corrected chi connectivity index (χ1v) is 6.77. The molecular formula is C15H24N2. The molecule has 1 aromatic rings. The molecule has 1 aliphatic heterocycles. The number of nitrogens with two attached hydrogens (primary N) is 1. The van der Waals surface area contributed by atoms with Crippen LogP contribution in [-0.4, -0.2) is 18.0 Å². The summed E-state index contributed by atoms with van der Waals surface area (Å²) in [5.41, 5.74) is 9.52. The van der Waals surface area contributed by atoms with E-state index in [9.17, 15) is 0 Å². The third-order valence-corrected chi connectivity index (χ3v) is 3.95. The summed E-state index contributed by atoms with van der Waals surface area (Å²) < 4.78 is 0. The predicted octanol–water partition coefficient (Wildman–Crippen LogP) is 3.20. The predicted molar refractivity (Wildman–Crippen MR) is 73.9 cm³/mol. The molecule has 1 atom stereocenters. The highest BCUT2D eigenvalue weighted by molar-refractivity contribution is 5.49. The maximum Gasteiger partial charge on any atom is 0.0346 e. The maximum atomic E-state index is 5.95. The van der Waals surface area contributed by atoms with Crippen molar-refractivity contribution < 1.29 is 0 Å². The minimum Gasteiger partial charge on any atom is -0.399 e. The van der Waals surface area contributed by atoms with Crippen LogP contribution >= 0.6 is 0 Å². The molecule has 2 nitrogen and oxygen atoms in total. The molecule has 1 aromatic carbocycles. The number of hydrogen-bond acceptors (Lipinski definition) is 2. The fraction of sp³-hybridized carbons (Fsp3) is 0.600. The largest absolute Gasteiger partial charge is 0.399 e. The standard InChI is InChI=1S/C15H24N2/c1-3-5-13-8-9-17(10-13)11-14-6-4-7-15(16)12(14)2/h4,6-7,13H,3,5,8-11,16H2,1-2H3. The van der Waals surface area contributed by atoms with E-state index in [-0.39, 0.29) is 0 Å². The Bertz CT molecular complexity index is 373. The highest BCUT2D eigenvalue weighted by Gasteiger charge is 2.21. The second kappa shape index (κ2) is 5.54. The average molecular weight is 232 g/mol. The van der Waals surface area contributed by atoms with Crippen LogP contribution in [0.25, 0.3) is 0 Å². The Kier molecular flexibility index (Phi) is 4.06. The number of benzene rings is 1. The molecule has 17 heavy (non-hydrogen) atoms. The maximum absolute atomic E-state index is 5.95. The lowest BCUT2D eigenvalue weighted by Gasteiger charge is -2.18. The van der Waals surface area contributed by atoms with Gasteiger partial charge in [0, 0.05) is 18.8 Å². The topological polar surface area (TPSA) is 29.3 Å². The molecule has 1 saturated heterocycles. The van der Waals surface area contributed by atoms with Crippen LogP contribution in [0, 0.1) is 12.8 Å². The molecule has 0 bridgehead atoms. The SMILES string of the molecule is CCCC1CCN(Cc2cccc(N)c2C)C1. The van der Waals surface area contributed by atoms with Crippen LogP contribution in [0.4, 0.5) is 5.69 Å². The quantitative estimate of drug-likeness (QED) is 0.808. The van der Waals surface area contributed by atoms with Gasteiger partial charge in [-0.25, -0.2) is 0 Å². The minimum absolute atomic E-state index is 0.918. The van der Waals surface area contributed by atoms with Crippen LogP contribution in [-0.2, 0) is 6.54 Å². The number of nitrogens with zero attached hydrogens (tertiary/aromatic N) is 1. The van der Waals surface area contributed by atoms with Gasteiger partial charge in [-0.15, -0.1) is 0 Å². The van der Waals surface area contributed by atoms with Gasteiger partial charge in [0.25, 0.3) is 0 Å². The Labute approximate surface area is 105 Å². The van der Waals surface area contributed by atoms with Gasteiger partial charge < -0.3 is 5.73 Å². The molecule has 0 radical (unpaired) electrons. The lowest BCUT2D eigenvalue weighted by atomic mass is 10.0. The molecule has 1 fully saturated rings. The molecule has 0 amide bonds. The summed E-state index contributed by atoms with van der Waals surface area (Å²) in [5.74, 6) is 0.918. The average Bonchev–Trinajstić information content (AvgIpc) is 2.73. The molecule has 1 unspecified atom stereocenters. The molecule has 0 aliphatic carbocycles. The van der Waals surface area contributed by atoms with E-state index in [1.54, 1.807) is 0 Å². The van der Waals surface area contributed by atoms with Gasteiger partial charge in [-0.1, -0.05) is 25.5 Å². The van der Waals surface area contributed by atoms with Gasteiger partial charge in [0.1, 0.15) is 0 Å². The molecule has 0 saturated carbocycles. The summed E-state index contributed by atoms with van der Waals surface area (Å²) in [5, 5.41) is 0.